The standard InChI is InChI=1S/C25H32N3/c1-8-28-23(16(2)3)15-24(28)20(7)26-21-13-12-17(4)22(14-21)27-25-18(5)10-9-11-19(25)6/h9-16,26-27H,7-8H2,1-6H3/q+1. The van der Waals surface area contributed by atoms with Gasteiger partial charge in [-0.3, -0.25) is 0 Å². The first-order valence-electron chi connectivity index (χ1n) is 10.1. The molecule has 2 N–H and O–H groups in total. The molecule has 1 heterocycles. The summed E-state index contributed by atoms with van der Waals surface area (Å²) in [5.74, 6) is 0.532. The zero-order chi connectivity index (χ0) is 20.4. The number of para-hydroxylation sites is 1. The number of aryl methyl sites for hydroxylation is 3. The van der Waals surface area contributed by atoms with E-state index in [9.17, 15) is 0 Å². The number of allylic oxidation sites excluding steroid dienone is 1. The van der Waals surface area contributed by atoms with Crippen LogP contribution in [-0.4, -0.2) is 16.8 Å². The van der Waals surface area contributed by atoms with Gasteiger partial charge in [-0.2, -0.15) is 4.58 Å². The minimum Gasteiger partial charge on any atom is -0.355 e. The first-order valence-corrected chi connectivity index (χ1v) is 10.1. The highest BCUT2D eigenvalue weighted by Crippen LogP contribution is 2.30. The highest BCUT2D eigenvalue weighted by Gasteiger charge is 2.32. The Hall–Kier alpha value is -2.81. The Morgan fingerprint density at radius 2 is 1.71 bits per heavy atom. The molecule has 0 aliphatic carbocycles. The Kier molecular flexibility index (Phi) is 5.73. The molecule has 1 aliphatic heterocycles. The lowest BCUT2D eigenvalue weighted by molar-refractivity contribution is -0.482. The molecule has 0 bridgehead atoms. The fourth-order valence-electron chi connectivity index (χ4n) is 3.67. The van der Waals surface area contributed by atoms with Crippen molar-refractivity contribution in [3.8, 4) is 0 Å². The van der Waals surface area contributed by atoms with Gasteiger partial charge in [0, 0.05) is 23.0 Å². The van der Waals surface area contributed by atoms with Crippen LogP contribution in [0.15, 0.2) is 60.4 Å². The van der Waals surface area contributed by atoms with Gasteiger partial charge in [-0.25, -0.2) is 0 Å². The van der Waals surface area contributed by atoms with Crippen molar-refractivity contribution in [3.63, 3.8) is 0 Å². The Morgan fingerprint density at radius 1 is 1.04 bits per heavy atom. The molecule has 0 fully saturated rings. The molecule has 0 spiro atoms. The number of benzene rings is 2. The number of nitrogens with zero attached hydrogens (tertiary/aromatic N) is 1. The van der Waals surface area contributed by atoms with Crippen LogP contribution >= 0.6 is 0 Å². The number of hydrogen-bond donors (Lipinski definition) is 2. The smallest absolute Gasteiger partial charge is 0.234 e. The van der Waals surface area contributed by atoms with Gasteiger partial charge in [-0.1, -0.05) is 44.7 Å². The second-order valence-electron chi connectivity index (χ2n) is 7.88. The summed E-state index contributed by atoms with van der Waals surface area (Å²) in [6, 6.07) is 12.8. The number of nitrogens with one attached hydrogen (secondary N) is 2. The van der Waals surface area contributed by atoms with Gasteiger partial charge in [-0.15, -0.1) is 0 Å². The monoisotopic (exact) mass is 374 g/mol. The third kappa shape index (κ3) is 3.89. The van der Waals surface area contributed by atoms with E-state index in [4.69, 9.17) is 0 Å². The molecule has 1 aliphatic rings. The van der Waals surface area contributed by atoms with Gasteiger partial charge in [0.05, 0.1) is 6.08 Å². The number of anilines is 3. The summed E-state index contributed by atoms with van der Waals surface area (Å²) >= 11 is 0. The van der Waals surface area contributed by atoms with Crippen LogP contribution < -0.4 is 10.6 Å². The molecule has 3 heteroatoms. The number of hydrogen-bond acceptors (Lipinski definition) is 2. The molecule has 0 amide bonds. The summed E-state index contributed by atoms with van der Waals surface area (Å²) < 4.78 is 2.34. The normalized spacial score (nSPS) is 13.3. The zero-order valence-corrected chi connectivity index (χ0v) is 18.0. The highest BCUT2D eigenvalue weighted by atomic mass is 15.1. The van der Waals surface area contributed by atoms with Crippen LogP contribution in [0.1, 0.15) is 37.5 Å². The molecule has 146 valence electrons. The maximum atomic E-state index is 4.27. The van der Waals surface area contributed by atoms with E-state index in [1.165, 1.54) is 33.8 Å². The molecule has 2 aromatic carbocycles. The van der Waals surface area contributed by atoms with Crippen LogP contribution in [0.5, 0.6) is 0 Å². The van der Waals surface area contributed by atoms with E-state index < -0.39 is 0 Å². The number of rotatable bonds is 7. The maximum absolute atomic E-state index is 4.27. The third-order valence-corrected chi connectivity index (χ3v) is 5.38. The van der Waals surface area contributed by atoms with Crippen LogP contribution in [0.2, 0.25) is 0 Å². The van der Waals surface area contributed by atoms with Crippen molar-refractivity contribution < 1.29 is 4.58 Å². The van der Waals surface area contributed by atoms with E-state index in [1.54, 1.807) is 0 Å². The SMILES string of the molecule is C=C(Nc1ccc(C)c(Nc2c(C)cccc2C)c1)C1=CC(C(C)C)=[N+]1CC. The van der Waals surface area contributed by atoms with Gasteiger partial charge < -0.3 is 10.6 Å². The topological polar surface area (TPSA) is 27.1 Å². The largest absolute Gasteiger partial charge is 0.355 e. The van der Waals surface area contributed by atoms with Crippen molar-refractivity contribution in [2.24, 2.45) is 5.92 Å². The van der Waals surface area contributed by atoms with Crippen LogP contribution in [0.4, 0.5) is 17.1 Å². The highest BCUT2D eigenvalue weighted by molar-refractivity contribution is 5.97. The second-order valence-corrected chi connectivity index (χ2v) is 7.88. The predicted molar refractivity (Wildman–Crippen MR) is 122 cm³/mol. The quantitative estimate of drug-likeness (QED) is 0.556. The molecule has 28 heavy (non-hydrogen) atoms. The average molecular weight is 375 g/mol. The molecule has 3 nitrogen and oxygen atoms in total. The van der Waals surface area contributed by atoms with Crippen LogP contribution in [0.25, 0.3) is 0 Å². The summed E-state index contributed by atoms with van der Waals surface area (Å²) in [4.78, 5) is 0. The minimum absolute atomic E-state index is 0.532. The van der Waals surface area contributed by atoms with Crippen LogP contribution in [0, 0.1) is 26.7 Å². The molecule has 0 atom stereocenters. The summed E-state index contributed by atoms with van der Waals surface area (Å²) in [5.41, 5.74) is 10.5. The van der Waals surface area contributed by atoms with Crippen molar-refractivity contribution in [2.75, 3.05) is 17.2 Å². The van der Waals surface area contributed by atoms with Gasteiger partial charge >= 0.3 is 0 Å². The van der Waals surface area contributed by atoms with Crippen molar-refractivity contribution in [1.29, 1.82) is 0 Å². The molecule has 0 radical (unpaired) electrons. The lowest BCUT2D eigenvalue weighted by atomic mass is 9.99. The fourth-order valence-corrected chi connectivity index (χ4v) is 3.67. The van der Waals surface area contributed by atoms with E-state index in [2.05, 4.69) is 106 Å². The summed E-state index contributed by atoms with van der Waals surface area (Å²) in [6.45, 7) is 18.3. The van der Waals surface area contributed by atoms with E-state index in [-0.39, 0.29) is 0 Å². The Bertz CT molecular complexity index is 957. The molecule has 0 unspecified atom stereocenters. The third-order valence-electron chi connectivity index (χ3n) is 5.38. The average Bonchev–Trinajstić information content (AvgIpc) is 2.60. The lowest BCUT2D eigenvalue weighted by Gasteiger charge is -2.21. The maximum Gasteiger partial charge on any atom is 0.234 e. The molecule has 3 rings (SSSR count). The molecule has 0 saturated carbocycles. The van der Waals surface area contributed by atoms with Gasteiger partial charge in [0.1, 0.15) is 12.2 Å². The minimum atomic E-state index is 0.532. The van der Waals surface area contributed by atoms with E-state index in [0.717, 1.165) is 23.6 Å². The van der Waals surface area contributed by atoms with Gasteiger partial charge in [0.2, 0.25) is 5.70 Å². The number of likely N-dealkylation sites (N-methyl/N-ethyl adjacent to an activating group) is 1. The first kappa shape index (κ1) is 19.9. The van der Waals surface area contributed by atoms with Gasteiger partial charge in [0.25, 0.3) is 0 Å². The van der Waals surface area contributed by atoms with E-state index >= 15 is 0 Å². The molecule has 0 saturated heterocycles. The lowest BCUT2D eigenvalue weighted by Crippen LogP contribution is -2.33. The molecular formula is C25H32N3+. The van der Waals surface area contributed by atoms with Crippen molar-refractivity contribution in [1.82, 2.24) is 0 Å². The van der Waals surface area contributed by atoms with E-state index in [1.807, 2.05) is 0 Å². The van der Waals surface area contributed by atoms with Crippen LogP contribution in [-0.2, 0) is 0 Å². The second kappa shape index (κ2) is 8.05. The Balaban J connectivity index is 1.79. The van der Waals surface area contributed by atoms with Gasteiger partial charge in [-0.05, 0) is 56.5 Å². The summed E-state index contributed by atoms with van der Waals surface area (Å²) in [7, 11) is 0. The summed E-state index contributed by atoms with van der Waals surface area (Å²) in [6.07, 6.45) is 2.24. The van der Waals surface area contributed by atoms with Crippen molar-refractivity contribution >= 4 is 22.8 Å². The zero-order valence-electron chi connectivity index (χ0n) is 18.0. The first-order chi connectivity index (χ1) is 13.3. The van der Waals surface area contributed by atoms with Crippen molar-refractivity contribution in [3.05, 3.63) is 77.1 Å². The Morgan fingerprint density at radius 3 is 2.32 bits per heavy atom. The predicted octanol–water partition coefficient (Wildman–Crippen LogP) is 6.31. The molecule has 2 aromatic rings. The van der Waals surface area contributed by atoms with Crippen LogP contribution in [0.3, 0.4) is 0 Å². The fraction of sp³-hybridized carbons (Fsp3) is 0.320. The van der Waals surface area contributed by atoms with Crippen molar-refractivity contribution in [2.45, 2.75) is 41.5 Å². The van der Waals surface area contributed by atoms with Gasteiger partial charge in [0.15, 0.2) is 5.71 Å². The molecule has 0 aromatic heterocycles. The Labute approximate surface area is 169 Å². The molecular weight excluding hydrogens is 342 g/mol. The van der Waals surface area contributed by atoms with E-state index in [0.29, 0.717) is 5.92 Å². The summed E-state index contributed by atoms with van der Waals surface area (Å²) in [5, 5.41) is 7.12.